The largest absolute Gasteiger partial charge is 0.479 e. The third-order valence-corrected chi connectivity index (χ3v) is 5.59. The second kappa shape index (κ2) is 8.05. The van der Waals surface area contributed by atoms with Crippen molar-refractivity contribution in [2.75, 3.05) is 10.2 Å². The highest BCUT2D eigenvalue weighted by molar-refractivity contribution is 6.01. The van der Waals surface area contributed by atoms with Crippen LogP contribution in [0.15, 0.2) is 48.5 Å². The van der Waals surface area contributed by atoms with E-state index in [2.05, 4.69) is 5.32 Å². The molecule has 146 valence electrons. The molecule has 0 aromatic heterocycles. The summed E-state index contributed by atoms with van der Waals surface area (Å²) in [4.78, 5) is 27.1. The van der Waals surface area contributed by atoms with Crippen LogP contribution in [-0.2, 0) is 16.1 Å². The fourth-order valence-electron chi connectivity index (χ4n) is 4.02. The number of rotatable bonds is 4. The van der Waals surface area contributed by atoms with Gasteiger partial charge in [0.05, 0.1) is 12.2 Å². The highest BCUT2D eigenvalue weighted by Crippen LogP contribution is 2.37. The average Bonchev–Trinajstić information content (AvgIpc) is 2.73. The minimum Gasteiger partial charge on any atom is -0.479 e. The summed E-state index contributed by atoms with van der Waals surface area (Å²) in [6.45, 7) is 2.24. The number of amides is 2. The zero-order chi connectivity index (χ0) is 19.5. The first-order valence-corrected chi connectivity index (χ1v) is 10.1. The van der Waals surface area contributed by atoms with Crippen molar-refractivity contribution >= 4 is 23.2 Å². The van der Waals surface area contributed by atoms with Gasteiger partial charge in [-0.15, -0.1) is 0 Å². The lowest BCUT2D eigenvalue weighted by molar-refractivity contribution is -0.125. The van der Waals surface area contributed by atoms with Gasteiger partial charge >= 0.3 is 0 Å². The van der Waals surface area contributed by atoms with E-state index in [1.54, 1.807) is 11.8 Å². The molecule has 5 heteroatoms. The van der Waals surface area contributed by atoms with Crippen LogP contribution in [0.4, 0.5) is 11.4 Å². The number of carbonyl (C=O) groups is 2. The summed E-state index contributed by atoms with van der Waals surface area (Å²) < 4.78 is 5.78. The summed E-state index contributed by atoms with van der Waals surface area (Å²) in [5.74, 6) is 0.750. The first-order chi connectivity index (χ1) is 13.6. The van der Waals surface area contributed by atoms with E-state index < -0.39 is 6.10 Å². The van der Waals surface area contributed by atoms with Gasteiger partial charge in [-0.2, -0.15) is 0 Å². The number of carbonyl (C=O) groups excluding carboxylic acids is 2. The summed E-state index contributed by atoms with van der Waals surface area (Å²) in [5.41, 5.74) is 2.46. The first kappa shape index (κ1) is 18.5. The standard InChI is InChI=1S/C23H26N2O3/c1-16-23(27)25(15-17-8-4-2-5-9-17)20-14-19(12-13-21(20)28-16)24-22(26)18-10-6-3-7-11-18/h2,4-5,8-9,12-14,16,18H,3,6-7,10-11,15H2,1H3,(H,24,26). The monoisotopic (exact) mass is 378 g/mol. The van der Waals surface area contributed by atoms with Crippen molar-refractivity contribution in [1.29, 1.82) is 0 Å². The quantitative estimate of drug-likeness (QED) is 0.851. The third-order valence-electron chi connectivity index (χ3n) is 5.59. The topological polar surface area (TPSA) is 58.6 Å². The van der Waals surface area contributed by atoms with Crippen molar-refractivity contribution in [3.8, 4) is 5.75 Å². The van der Waals surface area contributed by atoms with Crippen molar-refractivity contribution in [1.82, 2.24) is 0 Å². The van der Waals surface area contributed by atoms with Gasteiger partial charge in [0, 0.05) is 11.6 Å². The van der Waals surface area contributed by atoms with Crippen molar-refractivity contribution in [2.24, 2.45) is 5.92 Å². The van der Waals surface area contributed by atoms with Gasteiger partial charge in [0.25, 0.3) is 5.91 Å². The molecular weight excluding hydrogens is 352 g/mol. The number of nitrogens with zero attached hydrogens (tertiary/aromatic N) is 1. The highest BCUT2D eigenvalue weighted by atomic mass is 16.5. The lowest BCUT2D eigenvalue weighted by Crippen LogP contribution is -2.44. The van der Waals surface area contributed by atoms with E-state index >= 15 is 0 Å². The number of hydrogen-bond acceptors (Lipinski definition) is 3. The van der Waals surface area contributed by atoms with Gasteiger partial charge in [-0.25, -0.2) is 0 Å². The number of ether oxygens (including phenoxy) is 1. The average molecular weight is 378 g/mol. The summed E-state index contributed by atoms with van der Waals surface area (Å²) in [7, 11) is 0. The summed E-state index contributed by atoms with van der Waals surface area (Å²) in [5, 5.41) is 3.04. The molecule has 1 unspecified atom stereocenters. The van der Waals surface area contributed by atoms with E-state index in [1.165, 1.54) is 6.42 Å². The Labute approximate surface area is 165 Å². The van der Waals surface area contributed by atoms with E-state index in [0.717, 1.165) is 31.2 Å². The molecule has 0 bridgehead atoms. The Morgan fingerprint density at radius 2 is 1.86 bits per heavy atom. The SMILES string of the molecule is CC1Oc2ccc(NC(=O)C3CCCCC3)cc2N(Cc2ccccc2)C1=O. The third kappa shape index (κ3) is 3.88. The molecule has 2 aliphatic rings. The molecule has 2 aromatic carbocycles. The molecule has 1 atom stereocenters. The number of nitrogens with one attached hydrogen (secondary N) is 1. The predicted molar refractivity (Wildman–Crippen MR) is 109 cm³/mol. The number of benzene rings is 2. The maximum Gasteiger partial charge on any atom is 0.268 e. The molecular formula is C23H26N2O3. The van der Waals surface area contributed by atoms with Crippen LogP contribution >= 0.6 is 0 Å². The van der Waals surface area contributed by atoms with Crippen LogP contribution in [-0.4, -0.2) is 17.9 Å². The van der Waals surface area contributed by atoms with Gasteiger partial charge in [0.2, 0.25) is 5.91 Å². The molecule has 4 rings (SSSR count). The number of anilines is 2. The van der Waals surface area contributed by atoms with E-state index in [4.69, 9.17) is 4.74 Å². The zero-order valence-corrected chi connectivity index (χ0v) is 16.2. The molecule has 1 aliphatic carbocycles. The highest BCUT2D eigenvalue weighted by Gasteiger charge is 2.32. The lowest BCUT2D eigenvalue weighted by atomic mass is 9.88. The summed E-state index contributed by atoms with van der Waals surface area (Å²) in [6.07, 6.45) is 4.83. The Balaban J connectivity index is 1.58. The normalized spacial score (nSPS) is 19.7. The number of fused-ring (bicyclic) bond motifs is 1. The molecule has 0 saturated heterocycles. The molecule has 2 aromatic rings. The van der Waals surface area contributed by atoms with Crippen LogP contribution in [0.3, 0.4) is 0 Å². The van der Waals surface area contributed by atoms with Crippen LogP contribution in [0.25, 0.3) is 0 Å². The molecule has 0 spiro atoms. The maximum absolute atomic E-state index is 12.8. The predicted octanol–water partition coefficient (Wildman–Crippen LogP) is 4.52. The second-order valence-corrected chi connectivity index (χ2v) is 7.68. The number of hydrogen-bond donors (Lipinski definition) is 1. The van der Waals surface area contributed by atoms with Crippen LogP contribution in [0.5, 0.6) is 5.75 Å². The summed E-state index contributed by atoms with van der Waals surface area (Å²) in [6, 6.07) is 15.4. The Bertz CT molecular complexity index is 859. The Kier molecular flexibility index (Phi) is 5.33. The van der Waals surface area contributed by atoms with E-state index in [9.17, 15) is 9.59 Å². The van der Waals surface area contributed by atoms with Crippen molar-refractivity contribution in [2.45, 2.75) is 51.7 Å². The van der Waals surface area contributed by atoms with Crippen molar-refractivity contribution in [3.63, 3.8) is 0 Å². The van der Waals surface area contributed by atoms with Crippen LogP contribution in [0, 0.1) is 5.92 Å². The van der Waals surface area contributed by atoms with Crippen LogP contribution in [0.2, 0.25) is 0 Å². The smallest absolute Gasteiger partial charge is 0.268 e. The molecule has 1 fully saturated rings. The van der Waals surface area contributed by atoms with Crippen molar-refractivity contribution in [3.05, 3.63) is 54.1 Å². The zero-order valence-electron chi connectivity index (χ0n) is 16.2. The van der Waals surface area contributed by atoms with Gasteiger partial charge in [0.15, 0.2) is 6.10 Å². The minimum atomic E-state index is -0.529. The fourth-order valence-corrected chi connectivity index (χ4v) is 4.02. The van der Waals surface area contributed by atoms with E-state index in [0.29, 0.717) is 23.7 Å². The van der Waals surface area contributed by atoms with Crippen LogP contribution < -0.4 is 15.0 Å². The van der Waals surface area contributed by atoms with Gasteiger partial charge in [-0.1, -0.05) is 49.6 Å². The van der Waals surface area contributed by atoms with Gasteiger partial charge in [0.1, 0.15) is 5.75 Å². The van der Waals surface area contributed by atoms with Crippen molar-refractivity contribution < 1.29 is 14.3 Å². The van der Waals surface area contributed by atoms with E-state index in [-0.39, 0.29) is 17.7 Å². The molecule has 2 amide bonds. The molecule has 0 radical (unpaired) electrons. The van der Waals surface area contributed by atoms with Gasteiger partial charge in [-0.3, -0.25) is 9.59 Å². The molecule has 5 nitrogen and oxygen atoms in total. The Hall–Kier alpha value is -2.82. The second-order valence-electron chi connectivity index (χ2n) is 7.68. The summed E-state index contributed by atoms with van der Waals surface area (Å²) >= 11 is 0. The fraction of sp³-hybridized carbons (Fsp3) is 0.391. The molecule has 1 heterocycles. The van der Waals surface area contributed by atoms with Crippen LogP contribution in [0.1, 0.15) is 44.6 Å². The first-order valence-electron chi connectivity index (χ1n) is 10.1. The van der Waals surface area contributed by atoms with E-state index in [1.807, 2.05) is 48.5 Å². The molecule has 1 N–H and O–H groups in total. The molecule has 1 aliphatic heterocycles. The molecule has 1 saturated carbocycles. The van der Waals surface area contributed by atoms with Gasteiger partial charge in [-0.05, 0) is 43.5 Å². The Morgan fingerprint density at radius 1 is 1.11 bits per heavy atom. The molecule has 28 heavy (non-hydrogen) atoms. The minimum absolute atomic E-state index is 0.0747. The van der Waals surface area contributed by atoms with Gasteiger partial charge < -0.3 is 15.0 Å². The lowest BCUT2D eigenvalue weighted by Gasteiger charge is -2.33. The maximum atomic E-state index is 12.8. The Morgan fingerprint density at radius 3 is 2.61 bits per heavy atom.